The molecule has 3 aromatic rings. The SMILES string of the molecule is CC[C@H](C)Nc1nc(NC(=O)c2ccc(N)cc2)cc(-c2ccncc2)n1. The molecule has 1 amide bonds. The standard InChI is InChI=1S/C20H22N6O/c1-3-13(2)23-20-24-17(14-8-10-22-11-9-14)12-18(26-20)25-19(27)15-4-6-16(21)7-5-15/h4-13H,3,21H2,1-2H3,(H2,23,24,25,26,27)/t13-/m0/s1. The van der Waals surface area contributed by atoms with E-state index in [0.717, 1.165) is 12.0 Å². The minimum absolute atomic E-state index is 0.207. The van der Waals surface area contributed by atoms with Gasteiger partial charge in [-0.25, -0.2) is 4.98 Å². The lowest BCUT2D eigenvalue weighted by atomic mass is 10.2. The van der Waals surface area contributed by atoms with Gasteiger partial charge in [0.15, 0.2) is 0 Å². The number of rotatable bonds is 6. The Kier molecular flexibility index (Phi) is 5.61. The average molecular weight is 362 g/mol. The highest BCUT2D eigenvalue weighted by Crippen LogP contribution is 2.22. The predicted octanol–water partition coefficient (Wildman–Crippen LogP) is 3.58. The van der Waals surface area contributed by atoms with Crippen LogP contribution in [0, 0.1) is 0 Å². The highest BCUT2D eigenvalue weighted by atomic mass is 16.1. The van der Waals surface area contributed by atoms with Gasteiger partial charge in [0, 0.05) is 41.3 Å². The molecule has 2 aromatic heterocycles. The Morgan fingerprint density at radius 3 is 2.48 bits per heavy atom. The van der Waals surface area contributed by atoms with Crippen molar-refractivity contribution < 1.29 is 4.79 Å². The molecule has 0 bridgehead atoms. The van der Waals surface area contributed by atoms with Crippen LogP contribution in [0.4, 0.5) is 17.5 Å². The third kappa shape index (κ3) is 4.78. The Labute approximate surface area is 158 Å². The van der Waals surface area contributed by atoms with Crippen LogP contribution in [0.5, 0.6) is 0 Å². The van der Waals surface area contributed by atoms with E-state index >= 15 is 0 Å². The summed E-state index contributed by atoms with van der Waals surface area (Å²) >= 11 is 0. The Morgan fingerprint density at radius 2 is 1.81 bits per heavy atom. The number of amides is 1. The van der Waals surface area contributed by atoms with Crippen LogP contribution in [0.15, 0.2) is 54.9 Å². The first-order valence-corrected chi connectivity index (χ1v) is 8.78. The highest BCUT2D eigenvalue weighted by Gasteiger charge is 2.12. The summed E-state index contributed by atoms with van der Waals surface area (Å²) < 4.78 is 0. The fourth-order valence-corrected chi connectivity index (χ4v) is 2.39. The number of nitrogens with zero attached hydrogens (tertiary/aromatic N) is 3. The summed E-state index contributed by atoms with van der Waals surface area (Å²) in [6.45, 7) is 4.13. The van der Waals surface area contributed by atoms with Crippen molar-refractivity contribution in [2.75, 3.05) is 16.4 Å². The van der Waals surface area contributed by atoms with E-state index in [1.54, 1.807) is 42.7 Å². The summed E-state index contributed by atoms with van der Waals surface area (Å²) in [4.78, 5) is 25.6. The number of nitrogen functional groups attached to an aromatic ring is 1. The highest BCUT2D eigenvalue weighted by molar-refractivity contribution is 6.04. The van der Waals surface area contributed by atoms with Gasteiger partial charge in [-0.1, -0.05) is 6.92 Å². The second-order valence-electron chi connectivity index (χ2n) is 6.23. The molecule has 1 aromatic carbocycles. The number of pyridine rings is 1. The number of aromatic nitrogens is 3. The van der Waals surface area contributed by atoms with Crippen molar-refractivity contribution in [3.63, 3.8) is 0 Å². The third-order valence-corrected chi connectivity index (χ3v) is 4.10. The van der Waals surface area contributed by atoms with Gasteiger partial charge < -0.3 is 16.4 Å². The first-order valence-electron chi connectivity index (χ1n) is 8.78. The molecule has 0 unspecified atom stereocenters. The summed E-state index contributed by atoms with van der Waals surface area (Å²) in [5, 5.41) is 6.09. The molecule has 138 valence electrons. The lowest BCUT2D eigenvalue weighted by Crippen LogP contribution is -2.18. The Morgan fingerprint density at radius 1 is 1.11 bits per heavy atom. The van der Waals surface area contributed by atoms with E-state index in [0.29, 0.717) is 28.7 Å². The van der Waals surface area contributed by atoms with Gasteiger partial charge in [0.2, 0.25) is 5.95 Å². The Hall–Kier alpha value is -3.48. The molecule has 3 rings (SSSR count). The van der Waals surface area contributed by atoms with Crippen LogP contribution in [0.25, 0.3) is 11.3 Å². The predicted molar refractivity (Wildman–Crippen MR) is 107 cm³/mol. The number of benzene rings is 1. The fraction of sp³-hybridized carbons (Fsp3) is 0.200. The molecule has 4 N–H and O–H groups in total. The first-order chi connectivity index (χ1) is 13.0. The van der Waals surface area contributed by atoms with Gasteiger partial charge in [-0.2, -0.15) is 4.98 Å². The molecule has 7 heteroatoms. The maximum atomic E-state index is 12.5. The molecule has 7 nitrogen and oxygen atoms in total. The number of hydrogen-bond acceptors (Lipinski definition) is 6. The monoisotopic (exact) mass is 362 g/mol. The second-order valence-corrected chi connectivity index (χ2v) is 6.23. The zero-order valence-corrected chi connectivity index (χ0v) is 15.3. The van der Waals surface area contributed by atoms with Gasteiger partial charge in [-0.05, 0) is 49.7 Å². The van der Waals surface area contributed by atoms with Crippen LogP contribution < -0.4 is 16.4 Å². The Balaban J connectivity index is 1.91. The van der Waals surface area contributed by atoms with Crippen molar-refractivity contribution in [1.82, 2.24) is 15.0 Å². The second kappa shape index (κ2) is 8.27. The van der Waals surface area contributed by atoms with E-state index in [2.05, 4.69) is 39.4 Å². The van der Waals surface area contributed by atoms with Crippen LogP contribution in [0.2, 0.25) is 0 Å². The van der Waals surface area contributed by atoms with Crippen LogP contribution in [0.3, 0.4) is 0 Å². The maximum absolute atomic E-state index is 12.5. The molecule has 0 aliphatic rings. The zero-order valence-electron chi connectivity index (χ0n) is 15.3. The molecule has 0 radical (unpaired) electrons. The fourth-order valence-electron chi connectivity index (χ4n) is 2.39. The molecule has 27 heavy (non-hydrogen) atoms. The van der Waals surface area contributed by atoms with Gasteiger partial charge in [-0.3, -0.25) is 9.78 Å². The lowest BCUT2D eigenvalue weighted by molar-refractivity contribution is 0.102. The molecule has 0 aliphatic heterocycles. The normalized spacial score (nSPS) is 11.6. The van der Waals surface area contributed by atoms with Gasteiger partial charge in [0.05, 0.1) is 5.69 Å². The molecule has 1 atom stereocenters. The van der Waals surface area contributed by atoms with Gasteiger partial charge >= 0.3 is 0 Å². The van der Waals surface area contributed by atoms with Crippen molar-refractivity contribution in [2.45, 2.75) is 26.3 Å². The van der Waals surface area contributed by atoms with Crippen molar-refractivity contribution in [2.24, 2.45) is 0 Å². The molecule has 0 saturated carbocycles. The third-order valence-electron chi connectivity index (χ3n) is 4.10. The van der Waals surface area contributed by atoms with Gasteiger partial charge in [-0.15, -0.1) is 0 Å². The molecule has 0 saturated heterocycles. The van der Waals surface area contributed by atoms with Crippen LogP contribution in [-0.2, 0) is 0 Å². The minimum Gasteiger partial charge on any atom is -0.399 e. The zero-order chi connectivity index (χ0) is 19.2. The van der Waals surface area contributed by atoms with Gasteiger partial charge in [0.25, 0.3) is 5.91 Å². The van der Waals surface area contributed by atoms with Crippen molar-refractivity contribution in [3.8, 4) is 11.3 Å². The number of hydrogen-bond donors (Lipinski definition) is 3. The molecule has 2 heterocycles. The topological polar surface area (TPSA) is 106 Å². The summed E-state index contributed by atoms with van der Waals surface area (Å²) in [6.07, 6.45) is 4.33. The minimum atomic E-state index is -0.260. The number of carbonyl (C=O) groups is 1. The lowest BCUT2D eigenvalue weighted by Gasteiger charge is -2.14. The first kappa shape index (κ1) is 18.3. The van der Waals surface area contributed by atoms with E-state index in [-0.39, 0.29) is 11.9 Å². The van der Waals surface area contributed by atoms with Crippen molar-refractivity contribution in [3.05, 3.63) is 60.4 Å². The van der Waals surface area contributed by atoms with E-state index < -0.39 is 0 Å². The quantitative estimate of drug-likeness (QED) is 0.579. The molecular formula is C20H22N6O. The number of nitrogens with one attached hydrogen (secondary N) is 2. The molecule has 0 fully saturated rings. The largest absolute Gasteiger partial charge is 0.399 e. The van der Waals surface area contributed by atoms with Crippen LogP contribution in [-0.4, -0.2) is 26.9 Å². The molecule has 0 aliphatic carbocycles. The number of nitrogens with two attached hydrogens (primary N) is 1. The van der Waals surface area contributed by atoms with E-state index in [4.69, 9.17) is 5.73 Å². The van der Waals surface area contributed by atoms with E-state index in [1.165, 1.54) is 0 Å². The van der Waals surface area contributed by atoms with Gasteiger partial charge in [0.1, 0.15) is 5.82 Å². The number of anilines is 3. The van der Waals surface area contributed by atoms with E-state index in [9.17, 15) is 4.79 Å². The van der Waals surface area contributed by atoms with Crippen LogP contribution >= 0.6 is 0 Å². The summed E-state index contributed by atoms with van der Waals surface area (Å²) in [7, 11) is 0. The summed E-state index contributed by atoms with van der Waals surface area (Å²) in [5.74, 6) is 0.625. The Bertz CT molecular complexity index is 912. The smallest absolute Gasteiger partial charge is 0.256 e. The van der Waals surface area contributed by atoms with Crippen molar-refractivity contribution in [1.29, 1.82) is 0 Å². The van der Waals surface area contributed by atoms with E-state index in [1.807, 2.05) is 12.1 Å². The van der Waals surface area contributed by atoms with Crippen molar-refractivity contribution >= 4 is 23.4 Å². The molecular weight excluding hydrogens is 340 g/mol. The maximum Gasteiger partial charge on any atom is 0.256 e. The number of carbonyl (C=O) groups excluding carboxylic acids is 1. The average Bonchev–Trinajstić information content (AvgIpc) is 2.69. The summed E-state index contributed by atoms with van der Waals surface area (Å²) in [5.41, 5.74) is 8.38. The molecule has 0 spiro atoms. The van der Waals surface area contributed by atoms with Crippen LogP contribution in [0.1, 0.15) is 30.6 Å². The summed E-state index contributed by atoms with van der Waals surface area (Å²) in [6, 6.07) is 12.4.